The molecule has 0 saturated heterocycles. The van der Waals surface area contributed by atoms with Crippen LogP contribution in [0.1, 0.15) is 96.0 Å². The minimum absolute atomic E-state index is 0.683. The molecule has 0 heteroatoms. The summed E-state index contributed by atoms with van der Waals surface area (Å²) in [4.78, 5) is 0. The van der Waals surface area contributed by atoms with Gasteiger partial charge in [0, 0.05) is 0 Å². The molecular formula is C23H36. The molecule has 0 N–H and O–H groups in total. The van der Waals surface area contributed by atoms with E-state index in [2.05, 4.69) is 44.2 Å². The second kappa shape index (κ2) is 7.86. The molecule has 0 radical (unpaired) electrons. The SMILES string of the molecule is CCCC1CCC(C2(CC)CCC(c3ccccc3)CC2)CC1. The van der Waals surface area contributed by atoms with E-state index in [1.54, 1.807) is 5.56 Å². The van der Waals surface area contributed by atoms with Crippen LogP contribution in [0.15, 0.2) is 30.3 Å². The summed E-state index contributed by atoms with van der Waals surface area (Å²) in [5.41, 5.74) is 2.27. The van der Waals surface area contributed by atoms with Gasteiger partial charge in [0.1, 0.15) is 0 Å². The summed E-state index contributed by atoms with van der Waals surface area (Å²) in [6, 6.07) is 11.3. The Hall–Kier alpha value is -0.780. The van der Waals surface area contributed by atoms with Gasteiger partial charge in [-0.25, -0.2) is 0 Å². The van der Waals surface area contributed by atoms with Gasteiger partial charge in [-0.15, -0.1) is 0 Å². The first-order valence-corrected chi connectivity index (χ1v) is 10.3. The molecule has 0 amide bonds. The molecule has 0 heterocycles. The lowest BCUT2D eigenvalue weighted by Crippen LogP contribution is -2.36. The van der Waals surface area contributed by atoms with Crippen molar-refractivity contribution >= 4 is 0 Å². The fourth-order valence-corrected chi connectivity index (χ4v) is 5.77. The molecule has 1 aromatic carbocycles. The van der Waals surface area contributed by atoms with Gasteiger partial charge in [0.25, 0.3) is 0 Å². The Morgan fingerprint density at radius 1 is 0.870 bits per heavy atom. The molecule has 2 saturated carbocycles. The van der Waals surface area contributed by atoms with E-state index in [4.69, 9.17) is 0 Å². The van der Waals surface area contributed by atoms with E-state index >= 15 is 0 Å². The summed E-state index contributed by atoms with van der Waals surface area (Å²) in [5, 5.41) is 0. The third-order valence-corrected chi connectivity index (χ3v) is 7.37. The summed E-state index contributed by atoms with van der Waals surface area (Å²) >= 11 is 0. The highest BCUT2D eigenvalue weighted by Gasteiger charge is 2.41. The Morgan fingerprint density at radius 3 is 2.09 bits per heavy atom. The summed E-state index contributed by atoms with van der Waals surface area (Å²) in [7, 11) is 0. The zero-order valence-corrected chi connectivity index (χ0v) is 15.4. The molecule has 0 bridgehead atoms. The average Bonchev–Trinajstić information content (AvgIpc) is 2.63. The molecule has 0 aromatic heterocycles. The van der Waals surface area contributed by atoms with Gasteiger partial charge in [0.05, 0.1) is 0 Å². The van der Waals surface area contributed by atoms with Crippen LogP contribution in [0.25, 0.3) is 0 Å². The molecule has 3 rings (SSSR count). The van der Waals surface area contributed by atoms with Crippen LogP contribution in [0.2, 0.25) is 0 Å². The zero-order chi connectivity index (χ0) is 16.1. The van der Waals surface area contributed by atoms with Crippen molar-refractivity contribution in [3.8, 4) is 0 Å². The van der Waals surface area contributed by atoms with Crippen molar-refractivity contribution in [2.24, 2.45) is 17.3 Å². The van der Waals surface area contributed by atoms with Gasteiger partial charge < -0.3 is 0 Å². The lowest BCUT2D eigenvalue weighted by Gasteiger charge is -2.48. The number of hydrogen-bond acceptors (Lipinski definition) is 0. The second-order valence-electron chi connectivity index (χ2n) is 8.41. The van der Waals surface area contributed by atoms with E-state index in [1.165, 1.54) is 70.6 Å². The van der Waals surface area contributed by atoms with Crippen LogP contribution < -0.4 is 0 Å². The topological polar surface area (TPSA) is 0 Å². The zero-order valence-electron chi connectivity index (χ0n) is 15.4. The van der Waals surface area contributed by atoms with Crippen LogP contribution in [0.5, 0.6) is 0 Å². The second-order valence-corrected chi connectivity index (χ2v) is 8.41. The van der Waals surface area contributed by atoms with Gasteiger partial charge in [-0.05, 0) is 67.3 Å². The van der Waals surface area contributed by atoms with Gasteiger partial charge in [-0.3, -0.25) is 0 Å². The highest BCUT2D eigenvalue weighted by molar-refractivity contribution is 5.20. The van der Waals surface area contributed by atoms with Crippen molar-refractivity contribution in [1.82, 2.24) is 0 Å². The molecule has 0 atom stereocenters. The van der Waals surface area contributed by atoms with Crippen LogP contribution >= 0.6 is 0 Å². The predicted octanol–water partition coefficient (Wildman–Crippen LogP) is 7.35. The van der Waals surface area contributed by atoms with E-state index in [0.717, 1.165) is 17.8 Å². The van der Waals surface area contributed by atoms with Crippen LogP contribution in [-0.4, -0.2) is 0 Å². The van der Waals surface area contributed by atoms with Crippen molar-refractivity contribution in [2.45, 2.75) is 90.4 Å². The van der Waals surface area contributed by atoms with Crippen LogP contribution in [0, 0.1) is 17.3 Å². The molecule has 0 unspecified atom stereocenters. The maximum atomic E-state index is 2.47. The summed E-state index contributed by atoms with van der Waals surface area (Å²) in [6.07, 6.45) is 16.2. The minimum atomic E-state index is 0.683. The standard InChI is InChI=1S/C23H36/c1-3-8-19-11-13-22(14-12-19)23(4-2)17-15-21(16-18-23)20-9-6-5-7-10-20/h5-7,9-10,19,21-22H,3-4,8,11-18H2,1-2H3. The summed E-state index contributed by atoms with van der Waals surface area (Å²) < 4.78 is 0. The molecule has 128 valence electrons. The lowest BCUT2D eigenvalue weighted by molar-refractivity contribution is 0.0439. The highest BCUT2D eigenvalue weighted by Crippen LogP contribution is 2.54. The Labute approximate surface area is 144 Å². The molecule has 2 aliphatic rings. The van der Waals surface area contributed by atoms with Gasteiger partial charge >= 0.3 is 0 Å². The molecule has 0 nitrogen and oxygen atoms in total. The smallest absolute Gasteiger partial charge is 0.0162 e. The van der Waals surface area contributed by atoms with Crippen LogP contribution in [0.4, 0.5) is 0 Å². The quantitative estimate of drug-likeness (QED) is 0.533. The first-order valence-electron chi connectivity index (χ1n) is 10.3. The molecule has 0 spiro atoms. The van der Waals surface area contributed by atoms with Crippen molar-refractivity contribution in [2.75, 3.05) is 0 Å². The minimum Gasteiger partial charge on any atom is -0.0654 e. The van der Waals surface area contributed by atoms with Crippen molar-refractivity contribution in [1.29, 1.82) is 0 Å². The van der Waals surface area contributed by atoms with Gasteiger partial charge in [-0.1, -0.05) is 76.3 Å². The van der Waals surface area contributed by atoms with E-state index in [9.17, 15) is 0 Å². The fourth-order valence-electron chi connectivity index (χ4n) is 5.77. The Kier molecular flexibility index (Phi) is 5.83. The van der Waals surface area contributed by atoms with Gasteiger partial charge in [0.2, 0.25) is 0 Å². The van der Waals surface area contributed by atoms with E-state index in [-0.39, 0.29) is 0 Å². The maximum absolute atomic E-state index is 2.47. The largest absolute Gasteiger partial charge is 0.0654 e. The Bertz CT molecular complexity index is 444. The summed E-state index contributed by atoms with van der Waals surface area (Å²) in [6.45, 7) is 4.82. The monoisotopic (exact) mass is 312 g/mol. The number of benzene rings is 1. The first-order chi connectivity index (χ1) is 11.3. The molecule has 2 aliphatic carbocycles. The average molecular weight is 313 g/mol. The first kappa shape index (κ1) is 17.1. The normalized spacial score (nSPS) is 35.1. The third-order valence-electron chi connectivity index (χ3n) is 7.37. The lowest BCUT2D eigenvalue weighted by atomic mass is 9.57. The van der Waals surface area contributed by atoms with Gasteiger partial charge in [0.15, 0.2) is 0 Å². The summed E-state index contributed by atoms with van der Waals surface area (Å²) in [5.74, 6) is 2.90. The number of rotatable bonds is 5. The Morgan fingerprint density at radius 2 is 1.52 bits per heavy atom. The van der Waals surface area contributed by atoms with E-state index in [1.807, 2.05) is 0 Å². The molecule has 2 fully saturated rings. The molecular weight excluding hydrogens is 276 g/mol. The molecule has 0 aliphatic heterocycles. The van der Waals surface area contributed by atoms with E-state index < -0.39 is 0 Å². The highest BCUT2D eigenvalue weighted by atomic mass is 14.5. The van der Waals surface area contributed by atoms with Crippen LogP contribution in [0.3, 0.4) is 0 Å². The molecule has 23 heavy (non-hydrogen) atoms. The van der Waals surface area contributed by atoms with Crippen molar-refractivity contribution in [3.05, 3.63) is 35.9 Å². The molecule has 1 aromatic rings. The fraction of sp³-hybridized carbons (Fsp3) is 0.739. The van der Waals surface area contributed by atoms with Crippen molar-refractivity contribution in [3.63, 3.8) is 0 Å². The van der Waals surface area contributed by atoms with E-state index in [0.29, 0.717) is 5.41 Å². The van der Waals surface area contributed by atoms with Gasteiger partial charge in [-0.2, -0.15) is 0 Å². The maximum Gasteiger partial charge on any atom is -0.0162 e. The third kappa shape index (κ3) is 3.83. The predicted molar refractivity (Wildman–Crippen MR) is 101 cm³/mol. The number of hydrogen-bond donors (Lipinski definition) is 0. The van der Waals surface area contributed by atoms with Crippen molar-refractivity contribution < 1.29 is 0 Å². The Balaban J connectivity index is 1.59. The van der Waals surface area contributed by atoms with Crippen LogP contribution in [-0.2, 0) is 0 Å².